The molecule has 1 aromatic rings. The molecule has 130 valence electrons. The van der Waals surface area contributed by atoms with Crippen LogP contribution in [0.25, 0.3) is 0 Å². The molecule has 0 radical (unpaired) electrons. The van der Waals surface area contributed by atoms with Crippen molar-refractivity contribution in [1.29, 1.82) is 0 Å². The first-order chi connectivity index (χ1) is 10.6. The van der Waals surface area contributed by atoms with Crippen LogP contribution in [0.3, 0.4) is 0 Å². The van der Waals surface area contributed by atoms with Crippen LogP contribution in [-0.2, 0) is 16.5 Å². The molecule has 0 heterocycles. The fourth-order valence-electron chi connectivity index (χ4n) is 2.76. The molecule has 0 aliphatic heterocycles. The van der Waals surface area contributed by atoms with Crippen molar-refractivity contribution in [3.63, 3.8) is 0 Å². The summed E-state index contributed by atoms with van der Waals surface area (Å²) in [6.07, 6.45) is 13.3. The predicted octanol–water partition coefficient (Wildman–Crippen LogP) is 5.24. The monoisotopic (exact) mass is 368 g/mol. The summed E-state index contributed by atoms with van der Waals surface area (Å²) in [5, 5.41) is 0. The average Bonchev–Trinajstić information content (AvgIpc) is 2.48. The molecule has 0 atom stereocenters. The molecule has 1 aromatic carbocycles. The Hall–Kier alpha value is 0.390. The van der Waals surface area contributed by atoms with E-state index in [1.807, 2.05) is 6.07 Å². The third-order valence-electron chi connectivity index (χ3n) is 4.05. The number of aryl methyl sites for hydroxylation is 1. The molecule has 0 saturated carbocycles. The van der Waals surface area contributed by atoms with Crippen LogP contribution in [0, 0.1) is 0 Å². The number of unbranched alkanes of at least 4 members (excludes halogenated alkanes) is 9. The van der Waals surface area contributed by atoms with Crippen LogP contribution in [0.2, 0.25) is 0 Å². The Kier molecular flexibility index (Phi) is 13.9. The van der Waals surface area contributed by atoms with Crippen LogP contribution in [0.4, 0.5) is 0 Å². The van der Waals surface area contributed by atoms with Crippen molar-refractivity contribution in [2.75, 3.05) is 0 Å². The van der Waals surface area contributed by atoms with Crippen LogP contribution < -0.4 is 0 Å². The van der Waals surface area contributed by atoms with Gasteiger partial charge in [-0.3, -0.25) is 4.55 Å². The van der Waals surface area contributed by atoms with Crippen LogP contribution in [0.5, 0.6) is 0 Å². The maximum atomic E-state index is 11.3. The van der Waals surface area contributed by atoms with E-state index in [1.165, 1.54) is 57.4 Å². The molecule has 0 spiro atoms. The standard InChI is InChI=1S/C18H30O3S.Ca.2H/c1-2-3-4-5-6-7-8-9-10-11-14-17-15-12-13-16-18(17)22(19,20)21;;;/h12-13,15-16H,2-11,14H2,1H3,(H,19,20,21);;;/q;+2;2*-1. The molecule has 0 bridgehead atoms. The first-order valence-corrected chi connectivity index (χ1v) is 10.0. The van der Waals surface area contributed by atoms with Gasteiger partial charge in [0.2, 0.25) is 0 Å². The van der Waals surface area contributed by atoms with Crippen LogP contribution >= 0.6 is 0 Å². The molecule has 0 unspecified atom stereocenters. The van der Waals surface area contributed by atoms with Crippen LogP contribution in [0.1, 0.15) is 79.5 Å². The minimum Gasteiger partial charge on any atom is -1.00 e. The van der Waals surface area contributed by atoms with Gasteiger partial charge in [0.15, 0.2) is 0 Å². The SMILES string of the molecule is CCCCCCCCCCCCc1ccccc1S(=O)(=O)O.[Ca+2].[H-].[H-]. The summed E-state index contributed by atoms with van der Waals surface area (Å²) in [6, 6.07) is 6.73. The number of benzene rings is 1. The van der Waals surface area contributed by atoms with Crippen molar-refractivity contribution in [3.8, 4) is 0 Å². The minimum absolute atomic E-state index is 0. The summed E-state index contributed by atoms with van der Waals surface area (Å²) >= 11 is 0. The van der Waals surface area contributed by atoms with Crippen molar-refractivity contribution in [2.45, 2.75) is 82.4 Å². The molecule has 1 N–H and O–H groups in total. The average molecular weight is 369 g/mol. The van der Waals surface area contributed by atoms with Gasteiger partial charge in [-0.05, 0) is 24.5 Å². The molecule has 5 heteroatoms. The topological polar surface area (TPSA) is 54.4 Å². The second kappa shape index (κ2) is 13.7. The van der Waals surface area contributed by atoms with Gasteiger partial charge in [-0.1, -0.05) is 82.9 Å². The summed E-state index contributed by atoms with van der Waals surface area (Å²) in [4.78, 5) is 0.0610. The van der Waals surface area contributed by atoms with Crippen molar-refractivity contribution < 1.29 is 15.8 Å². The molecule has 0 aliphatic rings. The second-order valence-corrected chi connectivity index (χ2v) is 7.40. The van der Waals surface area contributed by atoms with Crippen molar-refractivity contribution in [3.05, 3.63) is 29.8 Å². The van der Waals surface area contributed by atoms with Gasteiger partial charge >= 0.3 is 37.7 Å². The molecule has 0 amide bonds. The summed E-state index contributed by atoms with van der Waals surface area (Å²) in [6.45, 7) is 2.24. The van der Waals surface area contributed by atoms with Gasteiger partial charge in [-0.25, -0.2) is 0 Å². The molecule has 0 aromatic heterocycles. The van der Waals surface area contributed by atoms with Crippen molar-refractivity contribution in [2.24, 2.45) is 0 Å². The first-order valence-electron chi connectivity index (χ1n) is 8.61. The van der Waals surface area contributed by atoms with Gasteiger partial charge in [0.25, 0.3) is 10.1 Å². The van der Waals surface area contributed by atoms with Gasteiger partial charge in [0.05, 0.1) is 4.90 Å². The van der Waals surface area contributed by atoms with Gasteiger partial charge in [-0.15, -0.1) is 0 Å². The van der Waals surface area contributed by atoms with Crippen molar-refractivity contribution in [1.82, 2.24) is 0 Å². The van der Waals surface area contributed by atoms with Crippen molar-refractivity contribution >= 4 is 47.9 Å². The van der Waals surface area contributed by atoms with E-state index < -0.39 is 10.1 Å². The van der Waals surface area contributed by atoms with Crippen LogP contribution in [-0.4, -0.2) is 50.7 Å². The number of hydrogen-bond donors (Lipinski definition) is 1. The van der Waals surface area contributed by atoms with E-state index in [0.29, 0.717) is 6.42 Å². The first kappa shape index (κ1) is 23.4. The number of hydrogen-bond acceptors (Lipinski definition) is 2. The molecule has 0 aliphatic carbocycles. The van der Waals surface area contributed by atoms with Gasteiger partial charge in [0, 0.05) is 0 Å². The number of rotatable bonds is 12. The predicted molar refractivity (Wildman–Crippen MR) is 99.8 cm³/mol. The summed E-state index contributed by atoms with van der Waals surface area (Å²) < 4.78 is 31.8. The largest absolute Gasteiger partial charge is 2.00 e. The molecule has 3 nitrogen and oxygen atoms in total. The molecular formula is C18H32CaO3S. The van der Waals surface area contributed by atoms with E-state index in [-0.39, 0.29) is 45.5 Å². The molecule has 0 fully saturated rings. The zero-order valence-electron chi connectivity index (χ0n) is 16.5. The van der Waals surface area contributed by atoms with E-state index >= 15 is 0 Å². The quantitative estimate of drug-likeness (QED) is 0.312. The Morgan fingerprint density at radius 3 is 1.87 bits per heavy atom. The van der Waals surface area contributed by atoms with E-state index in [1.54, 1.807) is 12.1 Å². The maximum absolute atomic E-state index is 11.3. The summed E-state index contributed by atoms with van der Waals surface area (Å²) in [7, 11) is -4.10. The van der Waals surface area contributed by atoms with Gasteiger partial charge in [0.1, 0.15) is 0 Å². The minimum atomic E-state index is -4.10. The van der Waals surface area contributed by atoms with E-state index in [0.717, 1.165) is 18.4 Å². The molecule has 23 heavy (non-hydrogen) atoms. The zero-order valence-corrected chi connectivity index (χ0v) is 17.5. The third-order valence-corrected chi connectivity index (χ3v) is 5.00. The summed E-state index contributed by atoms with van der Waals surface area (Å²) in [5.74, 6) is 0. The maximum Gasteiger partial charge on any atom is 2.00 e. The second-order valence-electron chi connectivity index (χ2n) is 6.01. The molecular weight excluding hydrogens is 336 g/mol. The Balaban J connectivity index is -0.00000161. The Morgan fingerprint density at radius 1 is 0.870 bits per heavy atom. The van der Waals surface area contributed by atoms with Crippen LogP contribution in [0.15, 0.2) is 29.2 Å². The van der Waals surface area contributed by atoms with E-state index in [4.69, 9.17) is 0 Å². The smallest absolute Gasteiger partial charge is 1.00 e. The Morgan fingerprint density at radius 2 is 1.35 bits per heavy atom. The van der Waals surface area contributed by atoms with E-state index in [2.05, 4.69) is 6.92 Å². The van der Waals surface area contributed by atoms with E-state index in [9.17, 15) is 13.0 Å². The Bertz CT molecular complexity index is 525. The van der Waals surface area contributed by atoms with Gasteiger partial charge in [-0.2, -0.15) is 8.42 Å². The third kappa shape index (κ3) is 10.8. The Labute approximate surface area is 175 Å². The normalized spacial score (nSPS) is 11.2. The molecule has 1 rings (SSSR count). The fourth-order valence-corrected chi connectivity index (χ4v) is 3.52. The fraction of sp³-hybridized carbons (Fsp3) is 0.667. The molecule has 0 saturated heterocycles. The summed E-state index contributed by atoms with van der Waals surface area (Å²) in [5.41, 5.74) is 0.726. The zero-order chi connectivity index (χ0) is 16.3. The van der Waals surface area contributed by atoms with Gasteiger partial charge < -0.3 is 2.85 Å².